The Labute approximate surface area is 168 Å². The fourth-order valence-electron chi connectivity index (χ4n) is 2.95. The third-order valence-corrected chi connectivity index (χ3v) is 5.21. The van der Waals surface area contributed by atoms with E-state index in [0.29, 0.717) is 28.3 Å². The van der Waals surface area contributed by atoms with E-state index in [1.54, 1.807) is 51.3 Å². The molecule has 0 saturated carbocycles. The van der Waals surface area contributed by atoms with Crippen LogP contribution in [0.5, 0.6) is 0 Å². The van der Waals surface area contributed by atoms with Crippen LogP contribution in [0.4, 0.5) is 4.39 Å². The average Bonchev–Trinajstić information content (AvgIpc) is 3.17. The van der Waals surface area contributed by atoms with Crippen molar-refractivity contribution >= 4 is 17.7 Å². The van der Waals surface area contributed by atoms with Crippen molar-refractivity contribution in [3.8, 4) is 5.69 Å². The topological polar surface area (TPSA) is 56.0 Å². The maximum Gasteiger partial charge on any atom is 0.272 e. The molecule has 0 unspecified atom stereocenters. The van der Waals surface area contributed by atoms with Crippen molar-refractivity contribution < 1.29 is 9.18 Å². The van der Waals surface area contributed by atoms with Crippen molar-refractivity contribution in [1.29, 1.82) is 0 Å². The molecule has 0 aliphatic rings. The monoisotopic (exact) mass is 401 g/mol. The van der Waals surface area contributed by atoms with E-state index < -0.39 is 0 Å². The Kier molecular flexibility index (Phi) is 5.88. The molecule has 2 aromatic heterocycles. The second-order valence-electron chi connectivity index (χ2n) is 6.98. The largest absolute Gasteiger partial charge is 0.336 e. The number of hydrogen-bond acceptors (Lipinski definition) is 4. The van der Waals surface area contributed by atoms with Crippen LogP contribution in [0.25, 0.3) is 5.69 Å². The van der Waals surface area contributed by atoms with E-state index in [1.165, 1.54) is 12.1 Å². The van der Waals surface area contributed by atoms with Gasteiger partial charge < -0.3 is 4.90 Å². The van der Waals surface area contributed by atoms with Gasteiger partial charge in [-0.15, -0.1) is 0 Å². The molecule has 0 aliphatic heterocycles. The minimum Gasteiger partial charge on any atom is -0.336 e. The molecule has 0 bridgehead atoms. The SMILES string of the molecule is Cc1nn(C)cc1CN(C)C(=O)c1cnc(SC(C)C)n1-c1ccc(F)cc1. The van der Waals surface area contributed by atoms with Gasteiger partial charge in [-0.1, -0.05) is 25.6 Å². The first-order chi connectivity index (χ1) is 13.3. The Morgan fingerprint density at radius 1 is 1.29 bits per heavy atom. The number of amides is 1. The smallest absolute Gasteiger partial charge is 0.272 e. The van der Waals surface area contributed by atoms with Crippen LogP contribution in [0.2, 0.25) is 0 Å². The van der Waals surface area contributed by atoms with Gasteiger partial charge in [0.05, 0.1) is 11.9 Å². The van der Waals surface area contributed by atoms with Crippen molar-refractivity contribution in [2.75, 3.05) is 7.05 Å². The molecule has 0 N–H and O–H groups in total. The Morgan fingerprint density at radius 2 is 1.96 bits per heavy atom. The van der Waals surface area contributed by atoms with Gasteiger partial charge in [-0.2, -0.15) is 5.10 Å². The van der Waals surface area contributed by atoms with Crippen molar-refractivity contribution in [3.05, 3.63) is 59.4 Å². The molecule has 28 heavy (non-hydrogen) atoms. The minimum atomic E-state index is -0.320. The second kappa shape index (κ2) is 8.18. The van der Waals surface area contributed by atoms with Crippen LogP contribution in [0, 0.1) is 12.7 Å². The van der Waals surface area contributed by atoms with E-state index in [4.69, 9.17) is 0 Å². The first-order valence-corrected chi connectivity index (χ1v) is 9.89. The zero-order chi connectivity index (χ0) is 20.4. The molecule has 3 aromatic rings. The van der Waals surface area contributed by atoms with E-state index in [0.717, 1.165) is 11.3 Å². The summed E-state index contributed by atoms with van der Waals surface area (Å²) in [5.41, 5.74) is 3.03. The van der Waals surface area contributed by atoms with Crippen molar-refractivity contribution in [2.45, 2.75) is 37.7 Å². The van der Waals surface area contributed by atoms with E-state index in [1.807, 2.05) is 20.2 Å². The summed E-state index contributed by atoms with van der Waals surface area (Å²) in [7, 11) is 3.61. The molecular formula is C20H24FN5OS. The minimum absolute atomic E-state index is 0.157. The molecule has 2 heterocycles. The van der Waals surface area contributed by atoms with Gasteiger partial charge in [0, 0.05) is 43.3 Å². The molecule has 1 aromatic carbocycles. The normalized spacial score (nSPS) is 11.2. The first-order valence-electron chi connectivity index (χ1n) is 9.01. The van der Waals surface area contributed by atoms with Gasteiger partial charge >= 0.3 is 0 Å². The highest BCUT2D eigenvalue weighted by Crippen LogP contribution is 2.27. The molecule has 1 amide bonds. The number of thioether (sulfide) groups is 1. The molecular weight excluding hydrogens is 377 g/mol. The van der Waals surface area contributed by atoms with Gasteiger partial charge in [-0.3, -0.25) is 14.0 Å². The third kappa shape index (κ3) is 4.27. The van der Waals surface area contributed by atoms with Crippen LogP contribution in [-0.2, 0) is 13.6 Å². The lowest BCUT2D eigenvalue weighted by atomic mass is 10.2. The van der Waals surface area contributed by atoms with Gasteiger partial charge in [0.15, 0.2) is 5.16 Å². The number of rotatable bonds is 6. The number of carbonyl (C=O) groups is 1. The summed E-state index contributed by atoms with van der Waals surface area (Å²) in [6.07, 6.45) is 3.50. The summed E-state index contributed by atoms with van der Waals surface area (Å²) in [5, 5.41) is 5.33. The van der Waals surface area contributed by atoms with Crippen molar-refractivity contribution in [3.63, 3.8) is 0 Å². The quantitative estimate of drug-likeness (QED) is 0.589. The number of aromatic nitrogens is 4. The van der Waals surface area contributed by atoms with Gasteiger partial charge in [0.1, 0.15) is 11.5 Å². The van der Waals surface area contributed by atoms with E-state index in [2.05, 4.69) is 23.9 Å². The molecule has 0 fully saturated rings. The summed E-state index contributed by atoms with van der Waals surface area (Å²) in [4.78, 5) is 19.3. The van der Waals surface area contributed by atoms with Crippen LogP contribution in [-0.4, -0.2) is 42.4 Å². The number of imidazole rings is 1. The predicted octanol–water partition coefficient (Wildman–Crippen LogP) is 3.83. The third-order valence-electron chi connectivity index (χ3n) is 4.24. The fraction of sp³-hybridized carbons (Fsp3) is 0.350. The molecule has 3 rings (SSSR count). The predicted molar refractivity (Wildman–Crippen MR) is 108 cm³/mol. The van der Waals surface area contributed by atoms with Crippen LogP contribution in [0.3, 0.4) is 0 Å². The Hall–Kier alpha value is -2.61. The standard InChI is InChI=1S/C20H24FN5OS/c1-13(2)28-20-22-10-18(26(20)17-8-6-16(21)7-9-17)19(27)24(4)11-15-12-25(5)23-14(15)3/h6-10,12-13H,11H2,1-5H3. The van der Waals surface area contributed by atoms with Crippen molar-refractivity contribution in [2.24, 2.45) is 7.05 Å². The summed E-state index contributed by atoms with van der Waals surface area (Å²) in [5.74, 6) is -0.477. The van der Waals surface area contributed by atoms with E-state index >= 15 is 0 Å². The van der Waals surface area contributed by atoms with Crippen LogP contribution in [0.1, 0.15) is 35.6 Å². The number of halogens is 1. The lowest BCUT2D eigenvalue weighted by Crippen LogP contribution is -2.28. The molecule has 0 atom stereocenters. The maximum atomic E-state index is 13.4. The Balaban J connectivity index is 1.95. The second-order valence-corrected chi connectivity index (χ2v) is 8.52. The molecule has 0 aliphatic carbocycles. The number of aryl methyl sites for hydroxylation is 2. The molecule has 0 spiro atoms. The first kappa shape index (κ1) is 20.1. The van der Waals surface area contributed by atoms with Crippen LogP contribution in [0.15, 0.2) is 41.8 Å². The zero-order valence-corrected chi connectivity index (χ0v) is 17.5. The van der Waals surface area contributed by atoms with Gasteiger partial charge in [0.2, 0.25) is 0 Å². The highest BCUT2D eigenvalue weighted by atomic mass is 32.2. The highest BCUT2D eigenvalue weighted by molar-refractivity contribution is 7.99. The summed E-state index contributed by atoms with van der Waals surface area (Å²) in [6, 6.07) is 6.08. The highest BCUT2D eigenvalue weighted by Gasteiger charge is 2.22. The number of hydrogen-bond donors (Lipinski definition) is 0. The van der Waals surface area contributed by atoms with Gasteiger partial charge in [0.25, 0.3) is 5.91 Å². The summed E-state index contributed by atoms with van der Waals surface area (Å²) in [6.45, 7) is 6.49. The van der Waals surface area contributed by atoms with E-state index in [9.17, 15) is 9.18 Å². The average molecular weight is 402 g/mol. The molecule has 0 radical (unpaired) electrons. The van der Waals surface area contributed by atoms with Crippen molar-refractivity contribution in [1.82, 2.24) is 24.2 Å². The van der Waals surface area contributed by atoms with Crippen LogP contribution < -0.4 is 0 Å². The molecule has 8 heteroatoms. The zero-order valence-electron chi connectivity index (χ0n) is 16.7. The number of benzene rings is 1. The molecule has 6 nitrogen and oxygen atoms in total. The summed E-state index contributed by atoms with van der Waals surface area (Å²) < 4.78 is 16.9. The molecule has 0 saturated heterocycles. The maximum absolute atomic E-state index is 13.4. The number of nitrogens with zero attached hydrogens (tertiary/aromatic N) is 5. The lowest BCUT2D eigenvalue weighted by molar-refractivity contribution is 0.0776. The van der Waals surface area contributed by atoms with Gasteiger partial charge in [-0.05, 0) is 31.2 Å². The van der Waals surface area contributed by atoms with Crippen LogP contribution >= 0.6 is 11.8 Å². The molecule has 148 valence electrons. The summed E-state index contributed by atoms with van der Waals surface area (Å²) >= 11 is 1.56. The lowest BCUT2D eigenvalue weighted by Gasteiger charge is -2.19. The Morgan fingerprint density at radius 3 is 2.54 bits per heavy atom. The van der Waals surface area contributed by atoms with Gasteiger partial charge in [-0.25, -0.2) is 9.37 Å². The van der Waals surface area contributed by atoms with E-state index in [-0.39, 0.29) is 11.7 Å². The number of carbonyl (C=O) groups excluding carboxylic acids is 1. The fourth-order valence-corrected chi connectivity index (χ4v) is 3.79. The Bertz CT molecular complexity index is 977.